The minimum absolute atomic E-state index is 0. The molecule has 3 unspecified atom stereocenters. The summed E-state index contributed by atoms with van der Waals surface area (Å²) in [4.78, 5) is 24.7. The minimum atomic E-state index is -0.373. The molecular formula is C19H26ClN3O3. The summed E-state index contributed by atoms with van der Waals surface area (Å²) in [5, 5.41) is 9.59. The molecule has 4 rings (SSSR count). The molecule has 0 aromatic heterocycles. The number of hydrogen-bond donors (Lipinski definition) is 3. The van der Waals surface area contributed by atoms with Crippen molar-refractivity contribution in [2.75, 3.05) is 11.9 Å². The third kappa shape index (κ3) is 4.37. The Hall–Kier alpha value is -1.63. The summed E-state index contributed by atoms with van der Waals surface area (Å²) in [5.74, 6) is -0.204. The van der Waals surface area contributed by atoms with Gasteiger partial charge in [0.1, 0.15) is 6.10 Å². The van der Waals surface area contributed by atoms with Gasteiger partial charge in [0.05, 0.1) is 0 Å². The molecule has 3 fully saturated rings. The van der Waals surface area contributed by atoms with Crippen LogP contribution in [-0.2, 0) is 9.53 Å². The van der Waals surface area contributed by atoms with Gasteiger partial charge in [0.25, 0.3) is 11.8 Å². The predicted molar refractivity (Wildman–Crippen MR) is 102 cm³/mol. The average molecular weight is 380 g/mol. The largest absolute Gasteiger partial charge is 0.368 e. The molecule has 1 aromatic carbocycles. The molecule has 142 valence electrons. The van der Waals surface area contributed by atoms with E-state index in [4.69, 9.17) is 4.74 Å². The van der Waals surface area contributed by atoms with Gasteiger partial charge in [0.2, 0.25) is 0 Å². The summed E-state index contributed by atoms with van der Waals surface area (Å²) >= 11 is 0. The Morgan fingerprint density at radius 2 is 1.88 bits per heavy atom. The van der Waals surface area contributed by atoms with Crippen LogP contribution in [-0.4, -0.2) is 42.7 Å². The summed E-state index contributed by atoms with van der Waals surface area (Å²) in [6.07, 6.45) is 5.71. The summed E-state index contributed by atoms with van der Waals surface area (Å²) in [6, 6.07) is 8.43. The zero-order chi connectivity index (χ0) is 17.2. The Morgan fingerprint density at radius 1 is 1.12 bits per heavy atom. The number of halogens is 1. The molecule has 2 bridgehead atoms. The van der Waals surface area contributed by atoms with E-state index in [0.717, 1.165) is 25.7 Å². The quantitative estimate of drug-likeness (QED) is 0.749. The highest BCUT2D eigenvalue weighted by Gasteiger charge is 2.34. The number of piperidine rings is 1. The molecule has 0 saturated carbocycles. The number of nitrogens with one attached hydrogen (secondary N) is 3. The van der Waals surface area contributed by atoms with Crippen LogP contribution in [0.25, 0.3) is 0 Å². The van der Waals surface area contributed by atoms with Crippen LogP contribution < -0.4 is 16.0 Å². The fourth-order valence-corrected chi connectivity index (χ4v) is 4.19. The monoisotopic (exact) mass is 379 g/mol. The van der Waals surface area contributed by atoms with E-state index in [1.807, 2.05) is 0 Å². The van der Waals surface area contributed by atoms with Gasteiger partial charge in [-0.05, 0) is 56.7 Å². The maximum atomic E-state index is 12.6. The van der Waals surface area contributed by atoms with Crippen LogP contribution in [0, 0.1) is 0 Å². The molecule has 0 aliphatic carbocycles. The van der Waals surface area contributed by atoms with Crippen molar-refractivity contribution in [3.8, 4) is 0 Å². The fraction of sp³-hybridized carbons (Fsp3) is 0.579. The Labute approximate surface area is 159 Å². The van der Waals surface area contributed by atoms with Gasteiger partial charge in [0, 0.05) is 36.0 Å². The zero-order valence-corrected chi connectivity index (χ0v) is 15.5. The van der Waals surface area contributed by atoms with Crippen molar-refractivity contribution in [3.63, 3.8) is 0 Å². The van der Waals surface area contributed by atoms with E-state index >= 15 is 0 Å². The molecule has 26 heavy (non-hydrogen) atoms. The van der Waals surface area contributed by atoms with Crippen LogP contribution in [0.4, 0.5) is 5.69 Å². The standard InChI is InChI=1S/C19H25N3O3.ClH/c23-18(22-16-10-14-6-7-15(11-16)20-14)12-3-1-4-13(9-12)21-19(24)17-5-2-8-25-17;/h1,3-4,9,14-17,20H,2,5-8,10-11H2,(H,21,24)(H,22,23);1H. The SMILES string of the molecule is Cl.O=C(NC1CC2CCC(C1)N2)c1cccc(NC(=O)C2CCCO2)c1. The Balaban J connectivity index is 0.00000196. The lowest BCUT2D eigenvalue weighted by atomic mass is 9.99. The molecule has 0 radical (unpaired) electrons. The molecule has 3 N–H and O–H groups in total. The van der Waals surface area contributed by atoms with Gasteiger partial charge < -0.3 is 20.7 Å². The van der Waals surface area contributed by atoms with Crippen molar-refractivity contribution in [1.29, 1.82) is 0 Å². The minimum Gasteiger partial charge on any atom is -0.368 e. The van der Waals surface area contributed by atoms with E-state index in [2.05, 4.69) is 16.0 Å². The lowest BCUT2D eigenvalue weighted by molar-refractivity contribution is -0.124. The van der Waals surface area contributed by atoms with E-state index in [1.165, 1.54) is 12.8 Å². The van der Waals surface area contributed by atoms with E-state index < -0.39 is 0 Å². The molecule has 6 nitrogen and oxygen atoms in total. The van der Waals surface area contributed by atoms with Gasteiger partial charge in [0.15, 0.2) is 0 Å². The molecular weight excluding hydrogens is 354 g/mol. The van der Waals surface area contributed by atoms with Crippen LogP contribution in [0.15, 0.2) is 24.3 Å². The van der Waals surface area contributed by atoms with Gasteiger partial charge >= 0.3 is 0 Å². The summed E-state index contributed by atoms with van der Waals surface area (Å²) in [6.45, 7) is 0.638. The number of fused-ring (bicyclic) bond motifs is 2. The number of carbonyl (C=O) groups excluding carboxylic acids is 2. The van der Waals surface area contributed by atoms with E-state index in [-0.39, 0.29) is 36.4 Å². The second-order valence-corrected chi connectivity index (χ2v) is 7.35. The molecule has 3 saturated heterocycles. The summed E-state index contributed by atoms with van der Waals surface area (Å²) in [5.41, 5.74) is 1.22. The smallest absolute Gasteiger partial charge is 0.253 e. The maximum absolute atomic E-state index is 12.6. The normalized spacial score (nSPS) is 29.7. The lowest BCUT2D eigenvalue weighted by Gasteiger charge is -2.29. The molecule has 3 aliphatic heterocycles. The van der Waals surface area contributed by atoms with Gasteiger partial charge in [-0.15, -0.1) is 12.4 Å². The maximum Gasteiger partial charge on any atom is 0.253 e. The molecule has 2 amide bonds. The average Bonchev–Trinajstić information content (AvgIpc) is 3.25. The van der Waals surface area contributed by atoms with Gasteiger partial charge in [-0.2, -0.15) is 0 Å². The van der Waals surface area contributed by atoms with E-state index in [0.29, 0.717) is 29.9 Å². The molecule has 1 aromatic rings. The number of anilines is 1. The molecule has 3 heterocycles. The first-order valence-electron chi connectivity index (χ1n) is 9.27. The van der Waals surface area contributed by atoms with Crippen LogP contribution in [0.5, 0.6) is 0 Å². The summed E-state index contributed by atoms with van der Waals surface area (Å²) < 4.78 is 5.39. The Kier molecular flexibility index (Phi) is 6.16. The number of rotatable bonds is 4. The highest BCUT2D eigenvalue weighted by atomic mass is 35.5. The fourth-order valence-electron chi connectivity index (χ4n) is 4.19. The predicted octanol–water partition coefficient (Wildman–Crippen LogP) is 2.24. The first-order chi connectivity index (χ1) is 12.2. The zero-order valence-electron chi connectivity index (χ0n) is 14.7. The summed E-state index contributed by atoms with van der Waals surface area (Å²) in [7, 11) is 0. The highest BCUT2D eigenvalue weighted by Crippen LogP contribution is 2.27. The number of hydrogen-bond acceptors (Lipinski definition) is 4. The number of ether oxygens (including phenoxy) is 1. The van der Waals surface area contributed by atoms with Gasteiger partial charge in [-0.3, -0.25) is 9.59 Å². The second kappa shape index (κ2) is 8.37. The van der Waals surface area contributed by atoms with Crippen molar-refractivity contribution in [1.82, 2.24) is 10.6 Å². The molecule has 0 spiro atoms. The second-order valence-electron chi connectivity index (χ2n) is 7.35. The first-order valence-corrected chi connectivity index (χ1v) is 9.27. The molecule has 7 heteroatoms. The van der Waals surface area contributed by atoms with Crippen molar-refractivity contribution in [2.24, 2.45) is 0 Å². The first kappa shape index (κ1) is 19.1. The van der Waals surface area contributed by atoms with Crippen molar-refractivity contribution in [2.45, 2.75) is 62.8 Å². The van der Waals surface area contributed by atoms with E-state index in [1.54, 1.807) is 24.3 Å². The van der Waals surface area contributed by atoms with Gasteiger partial charge in [-0.25, -0.2) is 0 Å². The topological polar surface area (TPSA) is 79.5 Å². The third-order valence-electron chi connectivity index (χ3n) is 5.42. The third-order valence-corrected chi connectivity index (χ3v) is 5.42. The van der Waals surface area contributed by atoms with Crippen molar-refractivity contribution >= 4 is 29.9 Å². The molecule has 3 atom stereocenters. The number of carbonyl (C=O) groups is 2. The number of benzene rings is 1. The van der Waals surface area contributed by atoms with Crippen LogP contribution in [0.1, 0.15) is 48.9 Å². The molecule has 3 aliphatic rings. The Bertz CT molecular complexity index is 651. The van der Waals surface area contributed by atoms with E-state index in [9.17, 15) is 9.59 Å². The highest BCUT2D eigenvalue weighted by molar-refractivity contribution is 5.98. The Morgan fingerprint density at radius 3 is 2.58 bits per heavy atom. The lowest BCUT2D eigenvalue weighted by Crippen LogP contribution is -2.48. The van der Waals surface area contributed by atoms with Gasteiger partial charge in [-0.1, -0.05) is 6.07 Å². The van der Waals surface area contributed by atoms with Crippen molar-refractivity contribution < 1.29 is 14.3 Å². The van der Waals surface area contributed by atoms with Crippen LogP contribution in [0.2, 0.25) is 0 Å². The van der Waals surface area contributed by atoms with Crippen LogP contribution >= 0.6 is 12.4 Å². The van der Waals surface area contributed by atoms with Crippen LogP contribution in [0.3, 0.4) is 0 Å². The number of amides is 2. The van der Waals surface area contributed by atoms with Crippen molar-refractivity contribution in [3.05, 3.63) is 29.8 Å².